The van der Waals surface area contributed by atoms with E-state index in [9.17, 15) is 13.2 Å². The first kappa shape index (κ1) is 20.4. The van der Waals surface area contributed by atoms with Gasteiger partial charge in [0.15, 0.2) is 0 Å². The van der Waals surface area contributed by atoms with E-state index in [0.29, 0.717) is 25.1 Å². The van der Waals surface area contributed by atoms with Crippen molar-refractivity contribution in [3.05, 3.63) is 53.6 Å². The van der Waals surface area contributed by atoms with E-state index >= 15 is 0 Å². The topological polar surface area (TPSA) is 75.7 Å². The van der Waals surface area contributed by atoms with Crippen LogP contribution in [0.1, 0.15) is 24.0 Å². The highest BCUT2D eigenvalue weighted by molar-refractivity contribution is 7.89. The van der Waals surface area contributed by atoms with E-state index in [0.717, 1.165) is 16.8 Å². The minimum Gasteiger partial charge on any atom is -0.495 e. The van der Waals surface area contributed by atoms with Crippen LogP contribution < -0.4 is 10.1 Å². The number of sulfonamides is 1. The third-order valence-corrected chi connectivity index (χ3v) is 6.98. The fourth-order valence-electron chi connectivity index (χ4n) is 3.45. The van der Waals surface area contributed by atoms with Crippen LogP contribution in [0, 0.1) is 19.8 Å². The summed E-state index contributed by atoms with van der Waals surface area (Å²) in [5.74, 6) is -0.221. The van der Waals surface area contributed by atoms with Crippen molar-refractivity contribution < 1.29 is 17.9 Å². The second-order valence-corrected chi connectivity index (χ2v) is 9.07. The molecule has 0 bridgehead atoms. The predicted molar refractivity (Wildman–Crippen MR) is 109 cm³/mol. The van der Waals surface area contributed by atoms with E-state index in [1.165, 1.54) is 11.4 Å². The molecule has 28 heavy (non-hydrogen) atoms. The smallest absolute Gasteiger partial charge is 0.246 e. The molecular formula is C21H26N2O4S. The van der Waals surface area contributed by atoms with Crippen LogP contribution >= 0.6 is 0 Å². The fraction of sp³-hybridized carbons (Fsp3) is 0.381. The number of anilines is 1. The molecule has 0 saturated carbocycles. The summed E-state index contributed by atoms with van der Waals surface area (Å²) in [6.07, 6.45) is 1.30. The Balaban J connectivity index is 1.80. The first-order chi connectivity index (χ1) is 13.3. The zero-order valence-corrected chi connectivity index (χ0v) is 17.3. The zero-order valence-electron chi connectivity index (χ0n) is 16.4. The van der Waals surface area contributed by atoms with Crippen LogP contribution in [0.25, 0.3) is 0 Å². The third-order valence-electron chi connectivity index (χ3n) is 5.09. The molecule has 0 radical (unpaired) electrons. The van der Waals surface area contributed by atoms with Gasteiger partial charge in [0.05, 0.1) is 13.0 Å². The molecule has 0 aliphatic carbocycles. The van der Waals surface area contributed by atoms with Crippen molar-refractivity contribution in [1.29, 1.82) is 0 Å². The molecule has 0 spiro atoms. The fourth-order valence-corrected chi connectivity index (χ4v) is 5.21. The minimum absolute atomic E-state index is 0.148. The lowest BCUT2D eigenvalue weighted by molar-refractivity contribution is -0.120. The highest BCUT2D eigenvalue weighted by Gasteiger charge is 2.35. The zero-order chi connectivity index (χ0) is 20.3. The van der Waals surface area contributed by atoms with Gasteiger partial charge in [-0.25, -0.2) is 8.42 Å². The maximum absolute atomic E-state index is 13.2. The lowest BCUT2D eigenvalue weighted by Gasteiger charge is -2.31. The van der Waals surface area contributed by atoms with Gasteiger partial charge in [-0.3, -0.25) is 4.79 Å². The van der Waals surface area contributed by atoms with Gasteiger partial charge < -0.3 is 10.1 Å². The van der Waals surface area contributed by atoms with Gasteiger partial charge in [0.1, 0.15) is 10.6 Å². The molecular weight excluding hydrogens is 376 g/mol. The number of hydrogen-bond acceptors (Lipinski definition) is 4. The average Bonchev–Trinajstić information content (AvgIpc) is 2.69. The van der Waals surface area contributed by atoms with Crippen molar-refractivity contribution in [3.8, 4) is 5.75 Å². The number of nitrogens with zero attached hydrogens (tertiary/aromatic N) is 1. The molecule has 1 unspecified atom stereocenters. The Bertz CT molecular complexity index is 972. The summed E-state index contributed by atoms with van der Waals surface area (Å²) in [6.45, 7) is 4.33. The highest BCUT2D eigenvalue weighted by atomic mass is 32.2. The monoisotopic (exact) mass is 402 g/mol. The Morgan fingerprint density at radius 2 is 1.93 bits per heavy atom. The normalized spacial score (nSPS) is 17.9. The Morgan fingerprint density at radius 1 is 1.18 bits per heavy atom. The van der Waals surface area contributed by atoms with Crippen LogP contribution in [0.3, 0.4) is 0 Å². The Kier molecular flexibility index (Phi) is 6.05. The predicted octanol–water partition coefficient (Wildman–Crippen LogP) is 3.35. The summed E-state index contributed by atoms with van der Waals surface area (Å²) < 4.78 is 33.1. The van der Waals surface area contributed by atoms with Gasteiger partial charge >= 0.3 is 0 Å². The van der Waals surface area contributed by atoms with Crippen LogP contribution in [-0.4, -0.2) is 38.8 Å². The number of hydrogen-bond donors (Lipinski definition) is 1. The van der Waals surface area contributed by atoms with Crippen LogP contribution in [0.5, 0.6) is 5.75 Å². The third kappa shape index (κ3) is 4.20. The maximum Gasteiger partial charge on any atom is 0.246 e. The highest BCUT2D eigenvalue weighted by Crippen LogP contribution is 2.31. The minimum atomic E-state index is -3.75. The van der Waals surface area contributed by atoms with Crippen molar-refractivity contribution in [2.75, 3.05) is 25.5 Å². The standard InChI is InChI=1S/C21H26N2O4S/c1-15-10-11-19(27-3)20(13-15)28(25,26)23-12-6-8-17(14-23)21(24)22-18-9-5-4-7-16(18)2/h4-5,7,9-11,13,17H,6,8,12,14H2,1-3H3,(H,22,24). The molecule has 1 aliphatic rings. The molecule has 1 saturated heterocycles. The van der Waals surface area contributed by atoms with Crippen molar-refractivity contribution in [2.45, 2.75) is 31.6 Å². The largest absolute Gasteiger partial charge is 0.495 e. The van der Waals surface area contributed by atoms with E-state index in [4.69, 9.17) is 4.74 Å². The molecule has 2 aromatic carbocycles. The van der Waals surface area contributed by atoms with Crippen molar-refractivity contribution in [1.82, 2.24) is 4.31 Å². The van der Waals surface area contributed by atoms with E-state index in [1.807, 2.05) is 44.2 Å². The molecule has 1 aliphatic heterocycles. The summed E-state index contributed by atoms with van der Waals surface area (Å²) in [5, 5.41) is 2.94. The molecule has 3 rings (SSSR count). The lowest BCUT2D eigenvalue weighted by Crippen LogP contribution is -2.43. The molecule has 0 aromatic heterocycles. The van der Waals surface area contributed by atoms with Crippen LogP contribution in [-0.2, 0) is 14.8 Å². The van der Waals surface area contributed by atoms with Gasteiger partial charge in [-0.1, -0.05) is 24.3 Å². The molecule has 1 N–H and O–H groups in total. The Morgan fingerprint density at radius 3 is 2.64 bits per heavy atom. The van der Waals surface area contributed by atoms with Crippen LogP contribution in [0.4, 0.5) is 5.69 Å². The first-order valence-corrected chi connectivity index (χ1v) is 10.8. The lowest BCUT2D eigenvalue weighted by atomic mass is 9.98. The van der Waals surface area contributed by atoms with Crippen molar-refractivity contribution >= 4 is 21.6 Å². The maximum atomic E-state index is 13.2. The van der Waals surface area contributed by atoms with E-state index < -0.39 is 10.0 Å². The number of nitrogens with one attached hydrogen (secondary N) is 1. The van der Waals surface area contributed by atoms with Crippen LogP contribution in [0.15, 0.2) is 47.4 Å². The molecule has 1 amide bonds. The van der Waals surface area contributed by atoms with Crippen molar-refractivity contribution in [2.24, 2.45) is 5.92 Å². The van der Waals surface area contributed by atoms with Gasteiger partial charge in [-0.05, 0) is 56.0 Å². The first-order valence-electron chi connectivity index (χ1n) is 9.34. The summed E-state index contributed by atoms with van der Waals surface area (Å²) in [5.41, 5.74) is 2.57. The second kappa shape index (κ2) is 8.32. The van der Waals surface area contributed by atoms with Gasteiger partial charge in [0.2, 0.25) is 15.9 Å². The van der Waals surface area contributed by atoms with Gasteiger partial charge in [-0.15, -0.1) is 0 Å². The number of aryl methyl sites for hydroxylation is 2. The molecule has 2 aromatic rings. The summed E-state index contributed by atoms with van der Waals surface area (Å²) in [4.78, 5) is 12.9. The number of rotatable bonds is 5. The van der Waals surface area contributed by atoms with Gasteiger partial charge in [0.25, 0.3) is 0 Å². The number of piperidine rings is 1. The van der Waals surface area contributed by atoms with E-state index in [2.05, 4.69) is 5.32 Å². The molecule has 150 valence electrons. The molecule has 7 heteroatoms. The number of para-hydroxylation sites is 1. The average molecular weight is 403 g/mol. The summed E-state index contributed by atoms with van der Waals surface area (Å²) in [7, 11) is -2.29. The molecule has 1 atom stereocenters. The number of benzene rings is 2. The number of carbonyl (C=O) groups excluding carboxylic acids is 1. The van der Waals surface area contributed by atoms with E-state index in [-0.39, 0.29) is 23.3 Å². The summed E-state index contributed by atoms with van der Waals surface area (Å²) in [6, 6.07) is 12.6. The second-order valence-electron chi connectivity index (χ2n) is 7.16. The summed E-state index contributed by atoms with van der Waals surface area (Å²) >= 11 is 0. The molecule has 1 heterocycles. The molecule has 1 fully saturated rings. The number of amides is 1. The number of carbonyl (C=O) groups is 1. The number of methoxy groups -OCH3 is 1. The van der Waals surface area contributed by atoms with E-state index in [1.54, 1.807) is 12.1 Å². The van der Waals surface area contributed by atoms with Crippen molar-refractivity contribution in [3.63, 3.8) is 0 Å². The SMILES string of the molecule is COc1ccc(C)cc1S(=O)(=O)N1CCCC(C(=O)Nc2ccccc2C)C1. The number of ether oxygens (including phenoxy) is 1. The Labute approximate surface area is 166 Å². The Hall–Kier alpha value is -2.38. The van der Waals surface area contributed by atoms with Gasteiger partial charge in [0, 0.05) is 18.8 Å². The van der Waals surface area contributed by atoms with Gasteiger partial charge in [-0.2, -0.15) is 4.31 Å². The quantitative estimate of drug-likeness (QED) is 0.832. The molecule has 6 nitrogen and oxygen atoms in total. The van der Waals surface area contributed by atoms with Crippen LogP contribution in [0.2, 0.25) is 0 Å².